The lowest BCUT2D eigenvalue weighted by Crippen LogP contribution is -2.44. The van der Waals surface area contributed by atoms with Crippen LogP contribution in [0, 0.1) is 5.92 Å². The molecule has 5 heteroatoms. The number of nitrogens with one attached hydrogen (secondary N) is 1. The van der Waals surface area contributed by atoms with Gasteiger partial charge in [-0.05, 0) is 23.6 Å². The molecule has 0 radical (unpaired) electrons. The Hall–Kier alpha value is -1.75. The van der Waals surface area contributed by atoms with E-state index in [1.54, 1.807) is 20.3 Å². The molecule has 0 spiro atoms. The number of ether oxygens (including phenoxy) is 2. The molecule has 0 fully saturated rings. The molecular formula is C14H22N2O3. The van der Waals surface area contributed by atoms with Crippen LogP contribution in [0.5, 0.6) is 11.5 Å². The second kappa shape index (κ2) is 6.99. The van der Waals surface area contributed by atoms with Crippen molar-refractivity contribution in [3.63, 3.8) is 0 Å². The van der Waals surface area contributed by atoms with E-state index in [1.165, 1.54) is 0 Å². The van der Waals surface area contributed by atoms with E-state index in [1.807, 2.05) is 26.0 Å². The van der Waals surface area contributed by atoms with E-state index >= 15 is 0 Å². The highest BCUT2D eigenvalue weighted by Gasteiger charge is 2.18. The van der Waals surface area contributed by atoms with Crippen molar-refractivity contribution in [3.05, 3.63) is 23.8 Å². The summed E-state index contributed by atoms with van der Waals surface area (Å²) in [4.78, 5) is 11.3. The lowest BCUT2D eigenvalue weighted by atomic mass is 10.0. The van der Waals surface area contributed by atoms with Crippen LogP contribution in [0.15, 0.2) is 18.2 Å². The minimum atomic E-state index is -0.350. The van der Waals surface area contributed by atoms with Crippen LogP contribution >= 0.6 is 0 Å². The Morgan fingerprint density at radius 2 is 1.74 bits per heavy atom. The smallest absolute Gasteiger partial charge is 0.234 e. The summed E-state index contributed by atoms with van der Waals surface area (Å²) in [5.74, 6) is 1.24. The molecule has 5 nitrogen and oxygen atoms in total. The Labute approximate surface area is 114 Å². The van der Waals surface area contributed by atoms with Crippen LogP contribution in [0.3, 0.4) is 0 Å². The Bertz CT molecular complexity index is 410. The second-order valence-electron chi connectivity index (χ2n) is 4.73. The van der Waals surface area contributed by atoms with Crippen LogP contribution in [-0.4, -0.2) is 26.2 Å². The predicted molar refractivity (Wildman–Crippen MR) is 74.2 cm³/mol. The maximum Gasteiger partial charge on any atom is 0.234 e. The van der Waals surface area contributed by atoms with E-state index in [-0.39, 0.29) is 17.9 Å². The monoisotopic (exact) mass is 266 g/mol. The van der Waals surface area contributed by atoms with E-state index < -0.39 is 0 Å². The standard InChI is InChI=1S/C14H22N2O3/c1-9(2)13(14(15)17)16-8-10-5-11(18-3)7-12(6-10)19-4/h5-7,9,13,16H,8H2,1-4H3,(H2,15,17). The fourth-order valence-corrected chi connectivity index (χ4v) is 1.86. The first-order valence-electron chi connectivity index (χ1n) is 6.22. The number of rotatable bonds is 7. The highest BCUT2D eigenvalue weighted by atomic mass is 16.5. The van der Waals surface area contributed by atoms with E-state index in [0.717, 1.165) is 17.1 Å². The molecule has 0 saturated carbocycles. The molecule has 106 valence electrons. The van der Waals surface area contributed by atoms with Crippen LogP contribution in [0.1, 0.15) is 19.4 Å². The summed E-state index contributed by atoms with van der Waals surface area (Å²) < 4.78 is 10.4. The molecule has 0 saturated heterocycles. The van der Waals surface area contributed by atoms with Crippen molar-refractivity contribution in [1.29, 1.82) is 0 Å². The summed E-state index contributed by atoms with van der Waals surface area (Å²) in [5.41, 5.74) is 6.34. The Balaban J connectivity index is 2.78. The van der Waals surface area contributed by atoms with Gasteiger partial charge in [0.15, 0.2) is 0 Å². The summed E-state index contributed by atoms with van der Waals surface area (Å²) in [5, 5.41) is 3.15. The van der Waals surface area contributed by atoms with Crippen molar-refractivity contribution in [1.82, 2.24) is 5.32 Å². The number of amides is 1. The third-order valence-electron chi connectivity index (χ3n) is 2.91. The highest BCUT2D eigenvalue weighted by molar-refractivity contribution is 5.80. The molecule has 0 bridgehead atoms. The fourth-order valence-electron chi connectivity index (χ4n) is 1.86. The van der Waals surface area contributed by atoms with E-state index in [2.05, 4.69) is 5.32 Å². The molecule has 1 rings (SSSR count). The van der Waals surface area contributed by atoms with Crippen molar-refractivity contribution in [3.8, 4) is 11.5 Å². The summed E-state index contributed by atoms with van der Waals surface area (Å²) in [6, 6.07) is 5.25. The molecule has 1 atom stereocenters. The summed E-state index contributed by atoms with van der Waals surface area (Å²) in [7, 11) is 3.21. The second-order valence-corrected chi connectivity index (χ2v) is 4.73. The first-order chi connectivity index (χ1) is 8.97. The molecule has 1 unspecified atom stereocenters. The van der Waals surface area contributed by atoms with Crippen LogP contribution < -0.4 is 20.5 Å². The first-order valence-corrected chi connectivity index (χ1v) is 6.22. The average molecular weight is 266 g/mol. The molecule has 0 aliphatic rings. The lowest BCUT2D eigenvalue weighted by molar-refractivity contribution is -0.121. The third kappa shape index (κ3) is 4.44. The van der Waals surface area contributed by atoms with Gasteiger partial charge in [0, 0.05) is 12.6 Å². The maximum atomic E-state index is 11.3. The molecule has 0 aromatic heterocycles. The number of nitrogens with two attached hydrogens (primary N) is 1. The normalized spacial score (nSPS) is 12.3. The number of hydrogen-bond donors (Lipinski definition) is 2. The maximum absolute atomic E-state index is 11.3. The number of benzene rings is 1. The van der Waals surface area contributed by atoms with Crippen molar-refractivity contribution in [2.45, 2.75) is 26.4 Å². The molecule has 3 N–H and O–H groups in total. The molecule has 0 aliphatic carbocycles. The van der Waals surface area contributed by atoms with Gasteiger partial charge >= 0.3 is 0 Å². The van der Waals surface area contributed by atoms with Crippen LogP contribution in [0.4, 0.5) is 0 Å². The minimum Gasteiger partial charge on any atom is -0.497 e. The molecule has 19 heavy (non-hydrogen) atoms. The molecule has 1 amide bonds. The Morgan fingerprint density at radius 1 is 1.21 bits per heavy atom. The van der Waals surface area contributed by atoms with Gasteiger partial charge in [-0.15, -0.1) is 0 Å². The number of primary amides is 1. The van der Waals surface area contributed by atoms with Gasteiger partial charge in [-0.2, -0.15) is 0 Å². The van der Waals surface area contributed by atoms with Crippen LogP contribution in [0.2, 0.25) is 0 Å². The van der Waals surface area contributed by atoms with E-state index in [4.69, 9.17) is 15.2 Å². The Morgan fingerprint density at radius 3 is 2.11 bits per heavy atom. The zero-order valence-electron chi connectivity index (χ0n) is 11.9. The number of carbonyl (C=O) groups excluding carboxylic acids is 1. The van der Waals surface area contributed by atoms with Crippen molar-refractivity contribution in [2.24, 2.45) is 11.7 Å². The topological polar surface area (TPSA) is 73.6 Å². The van der Waals surface area contributed by atoms with Gasteiger partial charge in [-0.1, -0.05) is 13.8 Å². The van der Waals surface area contributed by atoms with Crippen LogP contribution in [0.25, 0.3) is 0 Å². The van der Waals surface area contributed by atoms with Gasteiger partial charge in [0.25, 0.3) is 0 Å². The average Bonchev–Trinajstić information content (AvgIpc) is 2.37. The summed E-state index contributed by atoms with van der Waals surface area (Å²) in [6.07, 6.45) is 0. The summed E-state index contributed by atoms with van der Waals surface area (Å²) in [6.45, 7) is 4.43. The van der Waals surface area contributed by atoms with Gasteiger partial charge in [0.2, 0.25) is 5.91 Å². The van der Waals surface area contributed by atoms with Gasteiger partial charge in [-0.3, -0.25) is 4.79 Å². The largest absolute Gasteiger partial charge is 0.497 e. The highest BCUT2D eigenvalue weighted by Crippen LogP contribution is 2.22. The zero-order chi connectivity index (χ0) is 14.4. The number of methoxy groups -OCH3 is 2. The quantitative estimate of drug-likeness (QED) is 0.780. The van der Waals surface area contributed by atoms with Crippen molar-refractivity contribution >= 4 is 5.91 Å². The molecule has 1 aromatic rings. The first kappa shape index (κ1) is 15.3. The van der Waals surface area contributed by atoms with Gasteiger partial charge in [-0.25, -0.2) is 0 Å². The number of hydrogen-bond acceptors (Lipinski definition) is 4. The van der Waals surface area contributed by atoms with Crippen molar-refractivity contribution in [2.75, 3.05) is 14.2 Å². The zero-order valence-corrected chi connectivity index (χ0v) is 11.9. The fraction of sp³-hybridized carbons (Fsp3) is 0.500. The summed E-state index contributed by atoms with van der Waals surface area (Å²) >= 11 is 0. The molecule has 1 aromatic carbocycles. The van der Waals surface area contributed by atoms with Gasteiger partial charge in [0.05, 0.1) is 20.3 Å². The van der Waals surface area contributed by atoms with Gasteiger partial charge in [0.1, 0.15) is 11.5 Å². The third-order valence-corrected chi connectivity index (χ3v) is 2.91. The van der Waals surface area contributed by atoms with E-state index in [0.29, 0.717) is 6.54 Å². The van der Waals surface area contributed by atoms with Gasteiger partial charge < -0.3 is 20.5 Å². The lowest BCUT2D eigenvalue weighted by Gasteiger charge is -2.19. The minimum absolute atomic E-state index is 0.144. The molecular weight excluding hydrogens is 244 g/mol. The Kier molecular flexibility index (Phi) is 5.63. The SMILES string of the molecule is COc1cc(CNC(C(N)=O)C(C)C)cc(OC)c1. The van der Waals surface area contributed by atoms with Crippen LogP contribution in [-0.2, 0) is 11.3 Å². The predicted octanol–water partition coefficient (Wildman–Crippen LogP) is 1.30. The van der Waals surface area contributed by atoms with E-state index in [9.17, 15) is 4.79 Å². The molecule has 0 aliphatic heterocycles. The number of carbonyl (C=O) groups is 1. The van der Waals surface area contributed by atoms with Crippen molar-refractivity contribution < 1.29 is 14.3 Å². The molecule has 0 heterocycles.